The summed E-state index contributed by atoms with van der Waals surface area (Å²) >= 11 is 0. The van der Waals surface area contributed by atoms with E-state index in [0.717, 1.165) is 50.4 Å². The minimum atomic E-state index is 0.744. The highest BCUT2D eigenvalue weighted by atomic mass is 16.5. The molecule has 1 aromatic rings. The highest BCUT2D eigenvalue weighted by Crippen LogP contribution is 2.28. The first kappa shape index (κ1) is 15.3. The van der Waals surface area contributed by atoms with Gasteiger partial charge >= 0.3 is 0 Å². The number of hydrogen-bond donors (Lipinski definition) is 1. The van der Waals surface area contributed by atoms with Gasteiger partial charge in [0.05, 0.1) is 6.61 Å². The smallest absolute Gasteiger partial charge is 0.131 e. The van der Waals surface area contributed by atoms with E-state index in [1.807, 2.05) is 6.20 Å². The number of nitrogens with one attached hydrogen (secondary N) is 1. The van der Waals surface area contributed by atoms with Crippen molar-refractivity contribution in [3.63, 3.8) is 0 Å². The van der Waals surface area contributed by atoms with Gasteiger partial charge in [0.1, 0.15) is 5.82 Å². The lowest BCUT2D eigenvalue weighted by Crippen LogP contribution is -2.22. The number of ether oxygens (including phenoxy) is 1. The summed E-state index contributed by atoms with van der Waals surface area (Å²) in [6.45, 7) is 11.5. The van der Waals surface area contributed by atoms with Crippen LogP contribution in [-0.2, 0) is 11.3 Å². The van der Waals surface area contributed by atoms with Crippen LogP contribution in [0.3, 0.4) is 0 Å². The molecule has 0 bridgehead atoms. The fraction of sp³-hybridized carbons (Fsp3) is 0.688. The van der Waals surface area contributed by atoms with E-state index < -0.39 is 0 Å². The van der Waals surface area contributed by atoms with E-state index in [4.69, 9.17) is 4.74 Å². The minimum Gasteiger partial charge on any atom is -0.383 e. The maximum atomic E-state index is 5.03. The van der Waals surface area contributed by atoms with Crippen LogP contribution in [0.1, 0.15) is 25.0 Å². The van der Waals surface area contributed by atoms with Gasteiger partial charge in [0, 0.05) is 39.5 Å². The number of hydrogen-bond acceptors (Lipinski definition) is 4. The van der Waals surface area contributed by atoms with Crippen molar-refractivity contribution in [3.8, 4) is 0 Å². The Balaban J connectivity index is 1.96. The second-order valence-corrected chi connectivity index (χ2v) is 6.01. The molecule has 2 heterocycles. The molecule has 2 atom stereocenters. The summed E-state index contributed by atoms with van der Waals surface area (Å²) < 4.78 is 5.03. The Morgan fingerprint density at radius 2 is 2.05 bits per heavy atom. The number of aryl methyl sites for hydroxylation is 1. The van der Waals surface area contributed by atoms with Gasteiger partial charge in [0.25, 0.3) is 0 Å². The molecule has 1 N–H and O–H groups in total. The number of nitrogens with zero attached hydrogens (tertiary/aromatic N) is 2. The van der Waals surface area contributed by atoms with Crippen molar-refractivity contribution >= 4 is 5.82 Å². The Kier molecular flexibility index (Phi) is 5.38. The van der Waals surface area contributed by atoms with Crippen molar-refractivity contribution in [2.24, 2.45) is 11.8 Å². The van der Waals surface area contributed by atoms with Gasteiger partial charge in [0.15, 0.2) is 0 Å². The third-order valence-corrected chi connectivity index (χ3v) is 4.21. The molecule has 2 unspecified atom stereocenters. The maximum absolute atomic E-state index is 5.03. The van der Waals surface area contributed by atoms with Gasteiger partial charge in [-0.25, -0.2) is 4.98 Å². The summed E-state index contributed by atoms with van der Waals surface area (Å²) in [6, 6.07) is 2.25. The van der Waals surface area contributed by atoms with Crippen LogP contribution >= 0.6 is 0 Å². The lowest BCUT2D eigenvalue weighted by atomic mass is 10.0. The molecule has 1 saturated heterocycles. The van der Waals surface area contributed by atoms with Crippen LogP contribution in [-0.4, -0.2) is 38.3 Å². The summed E-state index contributed by atoms with van der Waals surface area (Å²) in [5, 5.41) is 3.35. The third kappa shape index (κ3) is 3.70. The average Bonchev–Trinajstić information content (AvgIpc) is 2.75. The molecule has 4 heteroatoms. The molecule has 112 valence electrons. The monoisotopic (exact) mass is 277 g/mol. The fourth-order valence-corrected chi connectivity index (χ4v) is 2.76. The molecule has 0 aromatic carbocycles. The van der Waals surface area contributed by atoms with Crippen LogP contribution in [0.5, 0.6) is 0 Å². The van der Waals surface area contributed by atoms with Crippen molar-refractivity contribution < 1.29 is 4.74 Å². The first-order valence-electron chi connectivity index (χ1n) is 7.52. The molecule has 0 saturated carbocycles. The van der Waals surface area contributed by atoms with E-state index in [-0.39, 0.29) is 0 Å². The Hall–Kier alpha value is -1.13. The Morgan fingerprint density at radius 1 is 1.35 bits per heavy atom. The van der Waals surface area contributed by atoms with Crippen LogP contribution < -0.4 is 10.2 Å². The minimum absolute atomic E-state index is 0.744. The highest BCUT2D eigenvalue weighted by molar-refractivity contribution is 5.48. The van der Waals surface area contributed by atoms with Crippen LogP contribution in [0.25, 0.3) is 0 Å². The summed E-state index contributed by atoms with van der Waals surface area (Å²) in [5.41, 5.74) is 2.51. The molecule has 0 aliphatic carbocycles. The molecule has 0 amide bonds. The predicted molar refractivity (Wildman–Crippen MR) is 83.1 cm³/mol. The Morgan fingerprint density at radius 3 is 2.65 bits per heavy atom. The number of methoxy groups -OCH3 is 1. The number of aromatic nitrogens is 1. The van der Waals surface area contributed by atoms with Crippen molar-refractivity contribution in [1.82, 2.24) is 10.3 Å². The van der Waals surface area contributed by atoms with Crippen molar-refractivity contribution in [1.29, 1.82) is 0 Å². The van der Waals surface area contributed by atoms with Crippen LogP contribution in [0.2, 0.25) is 0 Å². The molecule has 0 spiro atoms. The van der Waals surface area contributed by atoms with Gasteiger partial charge in [-0.05, 0) is 36.0 Å². The number of rotatable bonds is 6. The standard InChI is InChI=1S/C16H27N3O/c1-12-7-15(8-17-5-6-20-4)9-18-16(12)19-10-13(2)14(3)11-19/h7,9,13-14,17H,5-6,8,10-11H2,1-4H3. The Bertz CT molecular complexity index is 426. The molecule has 20 heavy (non-hydrogen) atoms. The second kappa shape index (κ2) is 7.04. The van der Waals surface area contributed by atoms with Gasteiger partial charge in [-0.15, -0.1) is 0 Å². The summed E-state index contributed by atoms with van der Waals surface area (Å²) in [4.78, 5) is 7.11. The zero-order chi connectivity index (χ0) is 14.5. The quantitative estimate of drug-likeness (QED) is 0.809. The van der Waals surface area contributed by atoms with Crippen molar-refractivity contribution in [2.45, 2.75) is 27.3 Å². The zero-order valence-electron chi connectivity index (χ0n) is 13.1. The number of pyridine rings is 1. The molecule has 4 nitrogen and oxygen atoms in total. The molecule has 2 rings (SSSR count). The summed E-state index contributed by atoms with van der Waals surface area (Å²) in [5.74, 6) is 2.67. The van der Waals surface area contributed by atoms with E-state index in [1.165, 1.54) is 11.1 Å². The van der Waals surface area contributed by atoms with E-state index in [2.05, 4.69) is 42.0 Å². The van der Waals surface area contributed by atoms with Gasteiger partial charge in [-0.1, -0.05) is 13.8 Å². The topological polar surface area (TPSA) is 37.4 Å². The normalized spacial score (nSPS) is 22.5. The molecular weight excluding hydrogens is 250 g/mol. The van der Waals surface area contributed by atoms with Gasteiger partial charge in [-0.2, -0.15) is 0 Å². The molecule has 1 aliphatic rings. The van der Waals surface area contributed by atoms with Crippen molar-refractivity contribution in [3.05, 3.63) is 23.4 Å². The summed E-state index contributed by atoms with van der Waals surface area (Å²) in [6.07, 6.45) is 2.00. The van der Waals surface area contributed by atoms with Gasteiger partial charge in [-0.3, -0.25) is 0 Å². The third-order valence-electron chi connectivity index (χ3n) is 4.21. The molecule has 0 radical (unpaired) electrons. The number of anilines is 1. The lowest BCUT2D eigenvalue weighted by Gasteiger charge is -2.20. The first-order valence-corrected chi connectivity index (χ1v) is 7.52. The average molecular weight is 277 g/mol. The lowest BCUT2D eigenvalue weighted by molar-refractivity contribution is 0.199. The second-order valence-electron chi connectivity index (χ2n) is 6.01. The van der Waals surface area contributed by atoms with E-state index >= 15 is 0 Å². The first-order chi connectivity index (χ1) is 9.61. The summed E-state index contributed by atoms with van der Waals surface area (Å²) in [7, 11) is 1.72. The van der Waals surface area contributed by atoms with Gasteiger partial charge < -0.3 is 15.0 Å². The van der Waals surface area contributed by atoms with E-state index in [1.54, 1.807) is 7.11 Å². The predicted octanol–water partition coefficient (Wildman–Crippen LogP) is 2.22. The van der Waals surface area contributed by atoms with Crippen LogP contribution in [0.15, 0.2) is 12.3 Å². The molecule has 1 aromatic heterocycles. The molecule has 1 aliphatic heterocycles. The van der Waals surface area contributed by atoms with Crippen molar-refractivity contribution in [2.75, 3.05) is 38.3 Å². The largest absolute Gasteiger partial charge is 0.383 e. The highest BCUT2D eigenvalue weighted by Gasteiger charge is 2.27. The molecular formula is C16H27N3O. The fourth-order valence-electron chi connectivity index (χ4n) is 2.76. The van der Waals surface area contributed by atoms with Crippen LogP contribution in [0, 0.1) is 18.8 Å². The van der Waals surface area contributed by atoms with Crippen LogP contribution in [0.4, 0.5) is 5.82 Å². The molecule has 1 fully saturated rings. The SMILES string of the molecule is COCCNCc1cnc(N2CC(C)C(C)C2)c(C)c1. The van der Waals surface area contributed by atoms with Gasteiger partial charge in [0.2, 0.25) is 0 Å². The zero-order valence-corrected chi connectivity index (χ0v) is 13.1. The maximum Gasteiger partial charge on any atom is 0.131 e. The Labute approximate surface area is 122 Å². The van der Waals surface area contributed by atoms with E-state index in [9.17, 15) is 0 Å². The van der Waals surface area contributed by atoms with E-state index in [0.29, 0.717) is 0 Å².